The number of phenols is 1. The normalized spacial score (nSPS) is 12.4. The van der Waals surface area contributed by atoms with Crippen molar-refractivity contribution in [1.82, 2.24) is 0 Å². The number of rotatable bonds is 2. The first-order chi connectivity index (χ1) is 6.02. The molecule has 0 bridgehead atoms. The molecule has 0 aliphatic rings. The van der Waals surface area contributed by atoms with Crippen LogP contribution in [0.25, 0.3) is 0 Å². The lowest BCUT2D eigenvalue weighted by molar-refractivity contribution is 0.115. The molecular weight excluding hydrogens is 235 g/mol. The molecule has 1 rings (SSSR count). The molecule has 1 atom stereocenters. The molecule has 6 heteroatoms. The molecule has 0 radical (unpaired) electrons. The molecule has 0 amide bonds. The Balaban J connectivity index is 0.00000169. The SMILES string of the molecule is Cl.N[C@@H](c1cc(Cl)ccc1O)C(F)F. The van der Waals surface area contributed by atoms with Gasteiger partial charge in [0.25, 0.3) is 6.43 Å². The third-order valence-corrected chi connectivity index (χ3v) is 1.86. The maximum Gasteiger partial charge on any atom is 0.257 e. The van der Waals surface area contributed by atoms with E-state index in [1.165, 1.54) is 18.2 Å². The molecule has 0 unspecified atom stereocenters. The second-order valence-electron chi connectivity index (χ2n) is 2.56. The van der Waals surface area contributed by atoms with Gasteiger partial charge in [-0.15, -0.1) is 12.4 Å². The average molecular weight is 244 g/mol. The van der Waals surface area contributed by atoms with E-state index < -0.39 is 12.5 Å². The zero-order valence-electron chi connectivity index (χ0n) is 6.95. The highest BCUT2D eigenvalue weighted by Gasteiger charge is 2.20. The highest BCUT2D eigenvalue weighted by molar-refractivity contribution is 6.30. The lowest BCUT2D eigenvalue weighted by Gasteiger charge is -2.12. The van der Waals surface area contributed by atoms with E-state index in [9.17, 15) is 13.9 Å². The molecule has 0 spiro atoms. The van der Waals surface area contributed by atoms with E-state index >= 15 is 0 Å². The van der Waals surface area contributed by atoms with Crippen molar-refractivity contribution in [3.8, 4) is 5.75 Å². The third kappa shape index (κ3) is 2.97. The number of halogens is 4. The van der Waals surface area contributed by atoms with Crippen molar-refractivity contribution in [1.29, 1.82) is 0 Å². The molecule has 0 saturated carbocycles. The zero-order valence-corrected chi connectivity index (χ0v) is 8.53. The highest BCUT2D eigenvalue weighted by Crippen LogP contribution is 2.29. The van der Waals surface area contributed by atoms with Crippen LogP contribution in [0.1, 0.15) is 11.6 Å². The first-order valence-electron chi connectivity index (χ1n) is 3.54. The van der Waals surface area contributed by atoms with Crippen LogP contribution in [0.3, 0.4) is 0 Å². The Labute approximate surface area is 91.1 Å². The summed E-state index contributed by atoms with van der Waals surface area (Å²) in [6.45, 7) is 0. The van der Waals surface area contributed by atoms with E-state index in [-0.39, 0.29) is 28.7 Å². The molecule has 0 aliphatic carbocycles. The van der Waals surface area contributed by atoms with Gasteiger partial charge < -0.3 is 10.8 Å². The maximum atomic E-state index is 12.1. The number of nitrogens with two attached hydrogens (primary N) is 1. The van der Waals surface area contributed by atoms with Crippen molar-refractivity contribution < 1.29 is 13.9 Å². The minimum atomic E-state index is -2.72. The summed E-state index contributed by atoms with van der Waals surface area (Å²) in [7, 11) is 0. The molecular formula is C8H9Cl2F2NO. The predicted octanol–water partition coefficient (Wildman–Crippen LogP) is 2.73. The van der Waals surface area contributed by atoms with Gasteiger partial charge in [0.2, 0.25) is 0 Å². The quantitative estimate of drug-likeness (QED) is 0.840. The Morgan fingerprint density at radius 2 is 1.93 bits per heavy atom. The third-order valence-electron chi connectivity index (χ3n) is 1.62. The molecule has 2 nitrogen and oxygen atoms in total. The molecule has 14 heavy (non-hydrogen) atoms. The standard InChI is InChI=1S/C8H8ClF2NO.ClH/c9-4-1-2-6(13)5(3-4)7(12)8(10)11;/h1-3,7-8,13H,12H2;1H/t7-;/m0./s1. The second kappa shape index (κ2) is 5.34. The van der Waals surface area contributed by atoms with E-state index in [0.29, 0.717) is 0 Å². The van der Waals surface area contributed by atoms with Crippen LogP contribution in [0, 0.1) is 0 Å². The van der Waals surface area contributed by atoms with Crippen molar-refractivity contribution in [3.05, 3.63) is 28.8 Å². The molecule has 1 aromatic rings. The van der Waals surface area contributed by atoms with E-state index in [2.05, 4.69) is 0 Å². The van der Waals surface area contributed by atoms with Gasteiger partial charge in [-0.25, -0.2) is 8.78 Å². The van der Waals surface area contributed by atoms with Crippen LogP contribution in [-0.2, 0) is 0 Å². The van der Waals surface area contributed by atoms with E-state index in [4.69, 9.17) is 17.3 Å². The first-order valence-corrected chi connectivity index (χ1v) is 3.92. The number of alkyl halides is 2. The zero-order chi connectivity index (χ0) is 10.0. The summed E-state index contributed by atoms with van der Waals surface area (Å²) in [6.07, 6.45) is -2.72. The van der Waals surface area contributed by atoms with Crippen LogP contribution >= 0.6 is 24.0 Å². The smallest absolute Gasteiger partial charge is 0.257 e. The Hall–Kier alpha value is -0.580. The summed E-state index contributed by atoms with van der Waals surface area (Å²) in [5.41, 5.74) is 5.10. The first kappa shape index (κ1) is 13.4. The number of phenolic OH excluding ortho intramolecular Hbond substituents is 1. The van der Waals surface area contributed by atoms with E-state index in [1.54, 1.807) is 0 Å². The number of hydrogen-bond donors (Lipinski definition) is 2. The van der Waals surface area contributed by atoms with Gasteiger partial charge in [-0.05, 0) is 18.2 Å². The fraction of sp³-hybridized carbons (Fsp3) is 0.250. The fourth-order valence-corrected chi connectivity index (χ4v) is 1.11. The molecule has 3 N–H and O–H groups in total. The predicted molar refractivity (Wildman–Crippen MR) is 53.3 cm³/mol. The van der Waals surface area contributed by atoms with Crippen LogP contribution in [0.15, 0.2) is 18.2 Å². The largest absolute Gasteiger partial charge is 0.508 e. The fourth-order valence-electron chi connectivity index (χ4n) is 0.928. The van der Waals surface area contributed by atoms with Crippen molar-refractivity contribution in [3.63, 3.8) is 0 Å². The Bertz CT molecular complexity index is 309. The van der Waals surface area contributed by atoms with Crippen LogP contribution < -0.4 is 5.73 Å². The number of aromatic hydroxyl groups is 1. The summed E-state index contributed by atoms with van der Waals surface area (Å²) in [4.78, 5) is 0. The Morgan fingerprint density at radius 1 is 1.36 bits per heavy atom. The summed E-state index contributed by atoms with van der Waals surface area (Å²) in [5.74, 6) is -0.266. The topological polar surface area (TPSA) is 46.2 Å². The monoisotopic (exact) mass is 243 g/mol. The molecule has 0 heterocycles. The van der Waals surface area contributed by atoms with Gasteiger partial charge in [-0.3, -0.25) is 0 Å². The maximum absolute atomic E-state index is 12.1. The van der Waals surface area contributed by atoms with Crippen LogP contribution in [0.4, 0.5) is 8.78 Å². The molecule has 0 aliphatic heterocycles. The van der Waals surface area contributed by atoms with E-state index in [1.807, 2.05) is 0 Å². The molecule has 0 aromatic heterocycles. The van der Waals surface area contributed by atoms with Crippen LogP contribution in [0.2, 0.25) is 5.02 Å². The minimum absolute atomic E-state index is 0. The second-order valence-corrected chi connectivity index (χ2v) is 3.00. The lowest BCUT2D eigenvalue weighted by Crippen LogP contribution is -2.18. The summed E-state index contributed by atoms with van der Waals surface area (Å²) < 4.78 is 24.3. The highest BCUT2D eigenvalue weighted by atomic mass is 35.5. The number of benzene rings is 1. The van der Waals surface area contributed by atoms with Gasteiger partial charge in [0, 0.05) is 10.6 Å². The van der Waals surface area contributed by atoms with Crippen LogP contribution in [0.5, 0.6) is 5.75 Å². The van der Waals surface area contributed by atoms with Gasteiger partial charge >= 0.3 is 0 Å². The van der Waals surface area contributed by atoms with Crippen molar-refractivity contribution in [2.24, 2.45) is 5.73 Å². The van der Waals surface area contributed by atoms with Gasteiger partial charge in [0.15, 0.2) is 0 Å². The Morgan fingerprint density at radius 3 is 2.43 bits per heavy atom. The number of hydrogen-bond acceptors (Lipinski definition) is 2. The summed E-state index contributed by atoms with van der Waals surface area (Å²) in [6, 6.07) is 2.37. The lowest BCUT2D eigenvalue weighted by atomic mass is 10.1. The van der Waals surface area contributed by atoms with Gasteiger partial charge in [0.1, 0.15) is 5.75 Å². The Kier molecular flexibility index (Phi) is 5.12. The van der Waals surface area contributed by atoms with Crippen molar-refractivity contribution >= 4 is 24.0 Å². The van der Waals surface area contributed by atoms with Gasteiger partial charge in [0.05, 0.1) is 6.04 Å². The average Bonchev–Trinajstić information content (AvgIpc) is 2.08. The van der Waals surface area contributed by atoms with Gasteiger partial charge in [-0.1, -0.05) is 11.6 Å². The molecule has 0 saturated heterocycles. The molecule has 0 fully saturated rings. The summed E-state index contributed by atoms with van der Waals surface area (Å²) in [5, 5.41) is 9.45. The van der Waals surface area contributed by atoms with E-state index in [0.717, 1.165) is 0 Å². The molecule has 1 aromatic carbocycles. The minimum Gasteiger partial charge on any atom is -0.508 e. The molecule has 80 valence electrons. The van der Waals surface area contributed by atoms with Gasteiger partial charge in [-0.2, -0.15) is 0 Å². The van der Waals surface area contributed by atoms with Crippen LogP contribution in [-0.4, -0.2) is 11.5 Å². The van der Waals surface area contributed by atoms with Crippen molar-refractivity contribution in [2.45, 2.75) is 12.5 Å². The van der Waals surface area contributed by atoms with Crippen molar-refractivity contribution in [2.75, 3.05) is 0 Å². The summed E-state index contributed by atoms with van der Waals surface area (Å²) >= 11 is 5.55.